The summed E-state index contributed by atoms with van der Waals surface area (Å²) in [6.45, 7) is 1.77. The van der Waals surface area contributed by atoms with Crippen molar-refractivity contribution < 1.29 is 9.90 Å². The molecular formula is C14H11N3O2S. The van der Waals surface area contributed by atoms with E-state index >= 15 is 0 Å². The van der Waals surface area contributed by atoms with Crippen molar-refractivity contribution in [2.45, 2.75) is 6.92 Å². The second-order valence-electron chi connectivity index (χ2n) is 4.34. The Morgan fingerprint density at radius 2 is 1.95 bits per heavy atom. The lowest BCUT2D eigenvalue weighted by Crippen LogP contribution is -1.97. The number of nitrogens with zero attached hydrogens (tertiary/aromatic N) is 2. The van der Waals surface area contributed by atoms with Crippen LogP contribution in [0.2, 0.25) is 0 Å². The van der Waals surface area contributed by atoms with E-state index in [1.54, 1.807) is 6.92 Å². The third-order valence-corrected chi connectivity index (χ3v) is 4.22. The minimum absolute atomic E-state index is 0.148. The van der Waals surface area contributed by atoms with E-state index in [-0.39, 0.29) is 10.8 Å². The molecule has 0 bridgehead atoms. The Hall–Kier alpha value is -2.47. The zero-order valence-corrected chi connectivity index (χ0v) is 11.4. The highest BCUT2D eigenvalue weighted by molar-refractivity contribution is 7.20. The van der Waals surface area contributed by atoms with Crippen molar-refractivity contribution in [2.75, 3.05) is 5.73 Å². The molecule has 3 rings (SSSR count). The first-order chi connectivity index (χ1) is 9.58. The van der Waals surface area contributed by atoms with Gasteiger partial charge in [-0.1, -0.05) is 30.3 Å². The van der Waals surface area contributed by atoms with E-state index in [2.05, 4.69) is 9.97 Å². The lowest BCUT2D eigenvalue weighted by Gasteiger charge is -2.04. The van der Waals surface area contributed by atoms with E-state index < -0.39 is 5.97 Å². The highest BCUT2D eigenvalue weighted by Gasteiger charge is 2.20. The number of carbonyl (C=O) groups is 1. The van der Waals surface area contributed by atoms with Crippen molar-refractivity contribution in [2.24, 2.45) is 0 Å². The van der Waals surface area contributed by atoms with Crippen LogP contribution in [0.4, 0.5) is 5.95 Å². The van der Waals surface area contributed by atoms with Gasteiger partial charge in [0.05, 0.1) is 5.69 Å². The fourth-order valence-electron chi connectivity index (χ4n) is 2.16. The van der Waals surface area contributed by atoms with Crippen LogP contribution in [-0.4, -0.2) is 21.0 Å². The molecule has 20 heavy (non-hydrogen) atoms. The zero-order chi connectivity index (χ0) is 14.3. The lowest BCUT2D eigenvalue weighted by atomic mass is 10.1. The van der Waals surface area contributed by atoms with Crippen LogP contribution in [0.3, 0.4) is 0 Å². The average Bonchev–Trinajstić information content (AvgIpc) is 2.76. The van der Waals surface area contributed by atoms with Crippen LogP contribution in [0.25, 0.3) is 21.5 Å². The van der Waals surface area contributed by atoms with Gasteiger partial charge in [0.1, 0.15) is 9.71 Å². The fraction of sp³-hybridized carbons (Fsp3) is 0.0714. The molecule has 0 spiro atoms. The second-order valence-corrected chi connectivity index (χ2v) is 5.34. The normalized spacial score (nSPS) is 10.8. The quantitative estimate of drug-likeness (QED) is 0.755. The lowest BCUT2D eigenvalue weighted by molar-refractivity contribution is 0.0701. The molecule has 2 aromatic heterocycles. The predicted molar refractivity (Wildman–Crippen MR) is 79.0 cm³/mol. The van der Waals surface area contributed by atoms with Gasteiger partial charge in [-0.25, -0.2) is 14.8 Å². The van der Waals surface area contributed by atoms with E-state index in [1.807, 2.05) is 30.3 Å². The van der Waals surface area contributed by atoms with Gasteiger partial charge in [-0.2, -0.15) is 0 Å². The maximum Gasteiger partial charge on any atom is 0.346 e. The number of fused-ring (bicyclic) bond motifs is 1. The van der Waals surface area contributed by atoms with Gasteiger partial charge in [-0.15, -0.1) is 11.3 Å². The third-order valence-electron chi connectivity index (χ3n) is 3.05. The Morgan fingerprint density at radius 3 is 2.60 bits per heavy atom. The number of benzene rings is 1. The van der Waals surface area contributed by atoms with Gasteiger partial charge >= 0.3 is 5.97 Å². The van der Waals surface area contributed by atoms with Crippen LogP contribution in [0.5, 0.6) is 0 Å². The number of nitrogens with two attached hydrogens (primary N) is 1. The number of thiophene rings is 1. The number of aryl methyl sites for hydroxylation is 1. The Balaban J connectivity index is 2.40. The number of aromatic nitrogens is 2. The Labute approximate surface area is 118 Å². The molecule has 2 heterocycles. The molecule has 0 aliphatic heterocycles. The molecule has 0 saturated heterocycles. The van der Waals surface area contributed by atoms with Crippen molar-refractivity contribution in [3.63, 3.8) is 0 Å². The smallest absolute Gasteiger partial charge is 0.346 e. The van der Waals surface area contributed by atoms with Crippen LogP contribution < -0.4 is 5.73 Å². The highest BCUT2D eigenvalue weighted by Crippen LogP contribution is 2.36. The van der Waals surface area contributed by atoms with Crippen molar-refractivity contribution in [1.82, 2.24) is 9.97 Å². The largest absolute Gasteiger partial charge is 0.477 e. The number of hydrogen-bond acceptors (Lipinski definition) is 5. The van der Waals surface area contributed by atoms with E-state index in [0.717, 1.165) is 22.3 Å². The zero-order valence-electron chi connectivity index (χ0n) is 10.6. The van der Waals surface area contributed by atoms with E-state index in [9.17, 15) is 9.90 Å². The monoisotopic (exact) mass is 285 g/mol. The minimum atomic E-state index is -0.955. The van der Waals surface area contributed by atoms with Crippen molar-refractivity contribution in [3.05, 3.63) is 40.8 Å². The second kappa shape index (κ2) is 4.57. The summed E-state index contributed by atoms with van der Waals surface area (Å²) in [4.78, 5) is 20.6. The molecule has 6 heteroatoms. The predicted octanol–water partition coefficient (Wildman–Crippen LogP) is 2.95. The van der Waals surface area contributed by atoms with Gasteiger partial charge in [0.2, 0.25) is 5.95 Å². The van der Waals surface area contributed by atoms with Gasteiger partial charge in [-0.3, -0.25) is 0 Å². The van der Waals surface area contributed by atoms with Crippen LogP contribution >= 0.6 is 11.3 Å². The van der Waals surface area contributed by atoms with E-state index in [0.29, 0.717) is 16.1 Å². The molecule has 1 aromatic carbocycles. The Morgan fingerprint density at radius 1 is 1.25 bits per heavy atom. The molecule has 0 fully saturated rings. The first-order valence-corrected chi connectivity index (χ1v) is 6.75. The molecule has 0 unspecified atom stereocenters. The topological polar surface area (TPSA) is 89.1 Å². The van der Waals surface area contributed by atoms with Crippen LogP contribution in [-0.2, 0) is 0 Å². The molecule has 0 radical (unpaired) electrons. The first-order valence-electron chi connectivity index (χ1n) is 5.93. The molecular weight excluding hydrogens is 274 g/mol. The molecule has 0 saturated carbocycles. The SMILES string of the molecule is Cc1c(C(=O)O)sc2nc(N)nc(-c3ccccc3)c12. The molecule has 0 amide bonds. The Bertz CT molecular complexity index is 812. The maximum absolute atomic E-state index is 11.3. The summed E-state index contributed by atoms with van der Waals surface area (Å²) < 4.78 is 0. The molecule has 3 aromatic rings. The van der Waals surface area contributed by atoms with Crippen LogP contribution in [0, 0.1) is 6.92 Å². The van der Waals surface area contributed by atoms with Gasteiger partial charge in [0.25, 0.3) is 0 Å². The fourth-order valence-corrected chi connectivity index (χ4v) is 3.19. The van der Waals surface area contributed by atoms with Gasteiger partial charge in [0.15, 0.2) is 0 Å². The van der Waals surface area contributed by atoms with Crippen molar-refractivity contribution in [3.8, 4) is 11.3 Å². The number of hydrogen-bond donors (Lipinski definition) is 2. The van der Waals surface area contributed by atoms with E-state index in [1.165, 1.54) is 0 Å². The summed E-state index contributed by atoms with van der Waals surface area (Å²) in [5.41, 5.74) is 7.98. The van der Waals surface area contributed by atoms with E-state index in [4.69, 9.17) is 5.73 Å². The third kappa shape index (κ3) is 1.90. The minimum Gasteiger partial charge on any atom is -0.477 e. The highest BCUT2D eigenvalue weighted by atomic mass is 32.1. The molecule has 5 nitrogen and oxygen atoms in total. The number of carboxylic acids is 1. The maximum atomic E-state index is 11.3. The molecule has 0 aliphatic rings. The Kier molecular flexibility index (Phi) is 2.87. The van der Waals surface area contributed by atoms with Gasteiger partial charge < -0.3 is 10.8 Å². The summed E-state index contributed by atoms with van der Waals surface area (Å²) in [7, 11) is 0. The standard InChI is InChI=1S/C14H11N3O2S/c1-7-9-10(8-5-3-2-4-6-8)16-14(15)17-12(9)20-11(7)13(18)19/h2-6H,1H3,(H,18,19)(H2,15,16,17). The molecule has 3 N–H and O–H groups in total. The summed E-state index contributed by atoms with van der Waals surface area (Å²) in [6.07, 6.45) is 0. The molecule has 0 atom stereocenters. The number of carboxylic acid groups (broad SMARTS) is 1. The number of aromatic carboxylic acids is 1. The summed E-state index contributed by atoms with van der Waals surface area (Å²) in [6, 6.07) is 9.55. The van der Waals surface area contributed by atoms with Crippen LogP contribution in [0.1, 0.15) is 15.2 Å². The molecule has 100 valence electrons. The number of anilines is 1. The summed E-state index contributed by atoms with van der Waals surface area (Å²) in [5.74, 6) is -0.808. The average molecular weight is 285 g/mol. The van der Waals surface area contributed by atoms with Crippen molar-refractivity contribution >= 4 is 33.5 Å². The van der Waals surface area contributed by atoms with Gasteiger partial charge in [0, 0.05) is 10.9 Å². The van der Waals surface area contributed by atoms with Crippen LogP contribution in [0.15, 0.2) is 30.3 Å². The molecule has 0 aliphatic carbocycles. The van der Waals surface area contributed by atoms with Crippen molar-refractivity contribution in [1.29, 1.82) is 0 Å². The van der Waals surface area contributed by atoms with Gasteiger partial charge in [-0.05, 0) is 12.5 Å². The first kappa shape index (κ1) is 12.6. The number of rotatable bonds is 2. The summed E-state index contributed by atoms with van der Waals surface area (Å²) in [5, 5.41) is 9.99. The number of nitrogen functional groups attached to an aromatic ring is 1. The summed E-state index contributed by atoms with van der Waals surface area (Å²) >= 11 is 1.12.